The Morgan fingerprint density at radius 3 is 2.52 bits per heavy atom. The van der Waals surface area contributed by atoms with E-state index < -0.39 is 24.5 Å². The molecule has 29 heavy (non-hydrogen) atoms. The molecule has 1 saturated heterocycles. The van der Waals surface area contributed by atoms with Crippen molar-refractivity contribution in [1.82, 2.24) is 10.2 Å². The van der Waals surface area contributed by atoms with Crippen LogP contribution in [0.1, 0.15) is 16.7 Å². The van der Waals surface area contributed by atoms with E-state index in [1.54, 1.807) is 0 Å². The van der Waals surface area contributed by atoms with Crippen molar-refractivity contribution in [3.05, 3.63) is 68.8 Å². The molecule has 3 amide bonds. The first-order chi connectivity index (χ1) is 13.7. The highest BCUT2D eigenvalue weighted by Crippen LogP contribution is 2.35. The number of aliphatic carboxylic acids is 1. The summed E-state index contributed by atoms with van der Waals surface area (Å²) in [5.41, 5.74) is 2.44. The molecule has 2 aromatic rings. The van der Waals surface area contributed by atoms with Crippen LogP contribution in [0.25, 0.3) is 6.08 Å². The zero-order chi connectivity index (χ0) is 21.1. The van der Waals surface area contributed by atoms with Crippen LogP contribution in [0.3, 0.4) is 0 Å². The molecule has 7 nitrogen and oxygen atoms in total. The smallest absolute Gasteiger partial charge is 0.329 e. The molecule has 2 N–H and O–H groups in total. The summed E-state index contributed by atoms with van der Waals surface area (Å²) in [4.78, 5) is 35.3. The van der Waals surface area contributed by atoms with Gasteiger partial charge in [0.2, 0.25) is 0 Å². The molecule has 2 aromatic carbocycles. The van der Waals surface area contributed by atoms with Crippen LogP contribution in [-0.2, 0) is 16.2 Å². The summed E-state index contributed by atoms with van der Waals surface area (Å²) in [7, 11) is 0. The third kappa shape index (κ3) is 4.88. The Balaban J connectivity index is 1.78. The van der Waals surface area contributed by atoms with Gasteiger partial charge in [0.15, 0.2) is 5.75 Å². The Hall–Kier alpha value is -3.03. The highest BCUT2D eigenvalue weighted by atomic mass is 35.5. The van der Waals surface area contributed by atoms with Gasteiger partial charge in [-0.15, -0.1) is 0 Å². The van der Waals surface area contributed by atoms with E-state index in [-0.39, 0.29) is 22.3 Å². The van der Waals surface area contributed by atoms with Crippen molar-refractivity contribution in [3.8, 4) is 5.75 Å². The molecule has 0 bridgehead atoms. The number of carboxylic acids is 1. The second kappa shape index (κ2) is 8.55. The van der Waals surface area contributed by atoms with Crippen LogP contribution in [0.5, 0.6) is 5.75 Å². The van der Waals surface area contributed by atoms with Crippen LogP contribution in [0, 0.1) is 6.92 Å². The Morgan fingerprint density at radius 1 is 1.21 bits per heavy atom. The summed E-state index contributed by atoms with van der Waals surface area (Å²) >= 11 is 12.6. The molecule has 1 aliphatic heterocycles. The Labute approximate surface area is 176 Å². The Bertz CT molecular complexity index is 1010. The maximum Gasteiger partial charge on any atom is 0.329 e. The first-order valence-electron chi connectivity index (χ1n) is 8.48. The van der Waals surface area contributed by atoms with E-state index in [1.807, 2.05) is 31.2 Å². The van der Waals surface area contributed by atoms with Crippen LogP contribution in [0.15, 0.2) is 42.1 Å². The number of nitrogens with zero attached hydrogens (tertiary/aromatic N) is 1. The first-order valence-corrected chi connectivity index (χ1v) is 9.24. The molecule has 0 unspecified atom stereocenters. The van der Waals surface area contributed by atoms with Crippen molar-refractivity contribution < 1.29 is 24.2 Å². The molecule has 0 spiro atoms. The number of benzene rings is 2. The van der Waals surface area contributed by atoms with E-state index in [1.165, 1.54) is 18.2 Å². The van der Waals surface area contributed by atoms with Crippen LogP contribution >= 0.6 is 23.2 Å². The summed E-state index contributed by atoms with van der Waals surface area (Å²) in [5.74, 6) is -1.74. The maximum atomic E-state index is 12.2. The summed E-state index contributed by atoms with van der Waals surface area (Å²) in [6.45, 7) is 1.53. The fourth-order valence-corrected chi connectivity index (χ4v) is 3.39. The molecule has 0 aliphatic carbocycles. The van der Waals surface area contributed by atoms with Crippen LogP contribution in [0.4, 0.5) is 4.79 Å². The number of nitrogens with one attached hydrogen (secondary N) is 1. The van der Waals surface area contributed by atoms with E-state index in [0.29, 0.717) is 16.2 Å². The zero-order valence-electron chi connectivity index (χ0n) is 15.2. The normalized spacial score (nSPS) is 15.0. The highest BCUT2D eigenvalue weighted by Gasteiger charge is 2.34. The minimum atomic E-state index is -1.30. The lowest BCUT2D eigenvalue weighted by atomic mass is 10.1. The van der Waals surface area contributed by atoms with Crippen LogP contribution in [0.2, 0.25) is 10.0 Å². The third-order valence-corrected chi connectivity index (χ3v) is 4.61. The number of aryl methyl sites for hydroxylation is 1. The van der Waals surface area contributed by atoms with E-state index >= 15 is 0 Å². The average molecular weight is 435 g/mol. The number of hydrogen-bond donors (Lipinski definition) is 2. The van der Waals surface area contributed by atoms with E-state index in [9.17, 15) is 14.4 Å². The van der Waals surface area contributed by atoms with Gasteiger partial charge in [0.1, 0.15) is 18.8 Å². The standard InChI is InChI=1S/C20H16Cl2N2O5/c1-11-3-2-4-12(5-11)10-29-18-14(21)6-13(7-15(18)22)8-16-19(27)24(9-17(25)26)20(28)23-16/h2-8H,9-10H2,1H3,(H,23,28)(H,25,26)/b16-8+. The van der Waals surface area contributed by atoms with Crippen molar-refractivity contribution in [2.24, 2.45) is 0 Å². The average Bonchev–Trinajstić information content (AvgIpc) is 2.88. The highest BCUT2D eigenvalue weighted by molar-refractivity contribution is 6.37. The summed E-state index contributed by atoms with van der Waals surface area (Å²) in [5, 5.41) is 11.6. The summed E-state index contributed by atoms with van der Waals surface area (Å²) in [6, 6.07) is 10.1. The predicted octanol–water partition coefficient (Wildman–Crippen LogP) is 3.86. The van der Waals surface area contributed by atoms with Crippen molar-refractivity contribution >= 4 is 47.2 Å². The number of rotatable bonds is 6. The second-order valence-electron chi connectivity index (χ2n) is 6.36. The fraction of sp³-hybridized carbons (Fsp3) is 0.150. The zero-order valence-corrected chi connectivity index (χ0v) is 16.8. The Kier molecular flexibility index (Phi) is 6.10. The molecule has 1 aliphatic rings. The van der Waals surface area contributed by atoms with Gasteiger partial charge in [-0.25, -0.2) is 9.69 Å². The van der Waals surface area contributed by atoms with E-state index in [2.05, 4.69) is 5.32 Å². The first kappa shape index (κ1) is 20.7. The summed E-state index contributed by atoms with van der Waals surface area (Å²) in [6.07, 6.45) is 1.37. The fourth-order valence-electron chi connectivity index (χ4n) is 2.78. The number of carboxylic acid groups (broad SMARTS) is 1. The molecule has 0 aromatic heterocycles. The minimum absolute atomic E-state index is 0.0724. The lowest BCUT2D eigenvalue weighted by Gasteiger charge is -2.11. The number of imide groups is 1. The van der Waals surface area contributed by atoms with E-state index in [0.717, 1.165) is 11.1 Å². The van der Waals surface area contributed by atoms with Crippen molar-refractivity contribution in [2.45, 2.75) is 13.5 Å². The Morgan fingerprint density at radius 2 is 1.90 bits per heavy atom. The number of carbonyl (C=O) groups excluding carboxylic acids is 2. The largest absolute Gasteiger partial charge is 0.486 e. The predicted molar refractivity (Wildman–Crippen MR) is 108 cm³/mol. The lowest BCUT2D eigenvalue weighted by molar-refractivity contribution is -0.140. The van der Waals surface area contributed by atoms with Gasteiger partial charge < -0.3 is 15.2 Å². The maximum absolute atomic E-state index is 12.2. The van der Waals surface area contributed by atoms with Gasteiger partial charge >= 0.3 is 12.0 Å². The number of urea groups is 1. The van der Waals surface area contributed by atoms with Gasteiger partial charge in [0.05, 0.1) is 10.0 Å². The molecule has 150 valence electrons. The van der Waals surface area contributed by atoms with Gasteiger partial charge in [-0.3, -0.25) is 9.59 Å². The monoisotopic (exact) mass is 434 g/mol. The molecular weight excluding hydrogens is 419 g/mol. The van der Waals surface area contributed by atoms with E-state index in [4.69, 9.17) is 33.0 Å². The number of ether oxygens (including phenoxy) is 1. The van der Waals surface area contributed by atoms with Crippen LogP contribution < -0.4 is 10.1 Å². The molecule has 1 heterocycles. The number of amides is 3. The van der Waals surface area contributed by atoms with Gasteiger partial charge in [-0.1, -0.05) is 53.0 Å². The molecule has 0 saturated carbocycles. The molecule has 0 atom stereocenters. The van der Waals surface area contributed by atoms with Crippen LogP contribution in [-0.4, -0.2) is 34.5 Å². The second-order valence-corrected chi connectivity index (χ2v) is 7.18. The number of hydrogen-bond acceptors (Lipinski definition) is 4. The molecule has 1 fully saturated rings. The quantitative estimate of drug-likeness (QED) is 0.531. The molecular formula is C20H16Cl2N2O5. The van der Waals surface area contributed by atoms with Gasteiger partial charge in [-0.2, -0.15) is 0 Å². The molecule has 9 heteroatoms. The van der Waals surface area contributed by atoms with Crippen molar-refractivity contribution in [2.75, 3.05) is 6.54 Å². The third-order valence-electron chi connectivity index (χ3n) is 4.05. The molecule has 3 rings (SSSR count). The lowest BCUT2D eigenvalue weighted by Crippen LogP contribution is -2.35. The van der Waals surface area contributed by atoms with Crippen molar-refractivity contribution in [1.29, 1.82) is 0 Å². The number of halogens is 2. The summed E-state index contributed by atoms with van der Waals surface area (Å²) < 4.78 is 5.74. The van der Waals surface area contributed by atoms with Crippen molar-refractivity contribution in [3.63, 3.8) is 0 Å². The SMILES string of the molecule is Cc1cccc(COc2c(Cl)cc(/C=C3/NC(=O)N(CC(=O)O)C3=O)cc2Cl)c1. The number of carbonyl (C=O) groups is 3. The minimum Gasteiger partial charge on any atom is -0.486 e. The topological polar surface area (TPSA) is 95.9 Å². The van der Waals surface area contributed by atoms with Gasteiger partial charge in [0.25, 0.3) is 5.91 Å². The van der Waals surface area contributed by atoms with Gasteiger partial charge in [0, 0.05) is 0 Å². The molecule has 0 radical (unpaired) electrons. The van der Waals surface area contributed by atoms with Gasteiger partial charge in [-0.05, 0) is 36.3 Å².